The summed E-state index contributed by atoms with van der Waals surface area (Å²) < 4.78 is 0. The first-order valence-electron chi connectivity index (χ1n) is 10.3. The van der Waals surface area contributed by atoms with Crippen molar-refractivity contribution in [3.05, 3.63) is 0 Å². The number of nitrogens with one attached hydrogen (secondary N) is 2. The summed E-state index contributed by atoms with van der Waals surface area (Å²) in [6.07, 6.45) is 19.4. The third-order valence-electron chi connectivity index (χ3n) is 4.37. The molecular weight excluding hydrogens is 268 g/mol. The largest absolute Gasteiger partial charge is 0.317 e. The minimum Gasteiger partial charge on any atom is -0.317 e. The van der Waals surface area contributed by atoms with Crippen LogP contribution in [0.15, 0.2) is 0 Å². The fourth-order valence-corrected chi connectivity index (χ4v) is 2.81. The smallest absolute Gasteiger partial charge is 0.00489 e. The average Bonchev–Trinajstić information content (AvgIpc) is 2.54. The van der Waals surface area contributed by atoms with Crippen molar-refractivity contribution in [2.75, 3.05) is 26.2 Å². The summed E-state index contributed by atoms with van der Waals surface area (Å²) in [5.41, 5.74) is 0. The van der Waals surface area contributed by atoms with Crippen molar-refractivity contribution in [1.82, 2.24) is 10.6 Å². The summed E-state index contributed by atoms with van der Waals surface area (Å²) in [6, 6.07) is 0. The van der Waals surface area contributed by atoms with Gasteiger partial charge in [0.15, 0.2) is 0 Å². The zero-order valence-electron chi connectivity index (χ0n) is 15.7. The molecule has 0 bridgehead atoms. The van der Waals surface area contributed by atoms with Gasteiger partial charge in [-0.2, -0.15) is 0 Å². The molecule has 0 aliphatic carbocycles. The van der Waals surface area contributed by atoms with Crippen molar-refractivity contribution in [1.29, 1.82) is 0 Å². The van der Waals surface area contributed by atoms with Gasteiger partial charge in [0.25, 0.3) is 0 Å². The van der Waals surface area contributed by atoms with Gasteiger partial charge in [-0.1, -0.05) is 78.1 Å². The first-order valence-corrected chi connectivity index (χ1v) is 10.3. The second-order valence-electron chi connectivity index (χ2n) is 6.74. The normalized spacial score (nSPS) is 11.2. The minimum atomic E-state index is 1.22. The van der Waals surface area contributed by atoms with Crippen LogP contribution < -0.4 is 10.6 Å². The van der Waals surface area contributed by atoms with Crippen molar-refractivity contribution in [2.24, 2.45) is 0 Å². The molecule has 0 aromatic carbocycles. The summed E-state index contributed by atoms with van der Waals surface area (Å²) in [6.45, 7) is 9.44. The number of rotatable bonds is 19. The van der Waals surface area contributed by atoms with Crippen LogP contribution in [0.5, 0.6) is 0 Å². The molecule has 0 rings (SSSR count). The van der Waals surface area contributed by atoms with Gasteiger partial charge < -0.3 is 10.6 Å². The highest BCUT2D eigenvalue weighted by atomic mass is 14.8. The molecule has 0 saturated carbocycles. The zero-order chi connectivity index (χ0) is 16.1. The first-order chi connectivity index (χ1) is 10.9. The van der Waals surface area contributed by atoms with E-state index >= 15 is 0 Å². The van der Waals surface area contributed by atoms with Crippen LogP contribution in [-0.4, -0.2) is 26.2 Å². The fraction of sp³-hybridized carbons (Fsp3) is 1.00. The van der Waals surface area contributed by atoms with Crippen LogP contribution in [0.2, 0.25) is 0 Å². The summed E-state index contributed by atoms with van der Waals surface area (Å²) in [7, 11) is 0. The Morgan fingerprint density at radius 3 is 0.955 bits per heavy atom. The van der Waals surface area contributed by atoms with Crippen LogP contribution in [0.4, 0.5) is 0 Å². The maximum Gasteiger partial charge on any atom is -0.00489 e. The standard InChI is InChI=1S/C20H44N2/c1-3-5-13-17-21-19-15-11-9-7-8-10-12-16-20-22-18-14-6-4-2/h21-22H,3-20H2,1-2H3. The van der Waals surface area contributed by atoms with E-state index in [1.54, 1.807) is 0 Å². The Balaban J connectivity index is 2.91. The minimum absolute atomic E-state index is 1.22. The Morgan fingerprint density at radius 2 is 0.636 bits per heavy atom. The number of hydrogen-bond donors (Lipinski definition) is 2. The lowest BCUT2D eigenvalue weighted by Gasteiger charge is -2.05. The fourth-order valence-electron chi connectivity index (χ4n) is 2.81. The van der Waals surface area contributed by atoms with E-state index in [0.717, 1.165) is 0 Å². The molecule has 2 heteroatoms. The Hall–Kier alpha value is -0.0800. The zero-order valence-corrected chi connectivity index (χ0v) is 15.7. The lowest BCUT2D eigenvalue weighted by molar-refractivity contribution is 0.531. The van der Waals surface area contributed by atoms with Crippen LogP contribution in [0.25, 0.3) is 0 Å². The van der Waals surface area contributed by atoms with E-state index in [9.17, 15) is 0 Å². The summed E-state index contributed by atoms with van der Waals surface area (Å²) in [5.74, 6) is 0. The van der Waals surface area contributed by atoms with E-state index in [4.69, 9.17) is 0 Å². The summed E-state index contributed by atoms with van der Waals surface area (Å²) >= 11 is 0. The molecule has 0 aliphatic rings. The van der Waals surface area contributed by atoms with Crippen molar-refractivity contribution in [3.63, 3.8) is 0 Å². The van der Waals surface area contributed by atoms with E-state index in [1.807, 2.05) is 0 Å². The Morgan fingerprint density at radius 1 is 0.364 bits per heavy atom. The van der Waals surface area contributed by atoms with Crippen molar-refractivity contribution >= 4 is 0 Å². The molecule has 2 nitrogen and oxygen atoms in total. The van der Waals surface area contributed by atoms with Gasteiger partial charge in [0.1, 0.15) is 0 Å². The summed E-state index contributed by atoms with van der Waals surface area (Å²) in [5, 5.41) is 7.11. The Labute approximate surface area is 141 Å². The van der Waals surface area contributed by atoms with Gasteiger partial charge in [0.2, 0.25) is 0 Å². The third kappa shape index (κ3) is 19.9. The van der Waals surface area contributed by atoms with E-state index in [-0.39, 0.29) is 0 Å². The maximum atomic E-state index is 3.56. The highest BCUT2D eigenvalue weighted by Crippen LogP contribution is 2.08. The van der Waals surface area contributed by atoms with Gasteiger partial charge in [-0.05, 0) is 51.9 Å². The lowest BCUT2D eigenvalue weighted by atomic mass is 10.1. The summed E-state index contributed by atoms with van der Waals surface area (Å²) in [4.78, 5) is 0. The molecule has 0 atom stereocenters. The average molecular weight is 313 g/mol. The second-order valence-corrected chi connectivity index (χ2v) is 6.74. The molecule has 0 fully saturated rings. The van der Waals surface area contributed by atoms with Gasteiger partial charge in [0.05, 0.1) is 0 Å². The molecule has 0 amide bonds. The molecule has 2 N–H and O–H groups in total. The van der Waals surface area contributed by atoms with Gasteiger partial charge in [-0.15, -0.1) is 0 Å². The molecule has 134 valence electrons. The molecule has 0 aliphatic heterocycles. The van der Waals surface area contributed by atoms with E-state index in [0.29, 0.717) is 0 Å². The SMILES string of the molecule is CCCCCNCCCCCCCCCCNCCCCC. The van der Waals surface area contributed by atoms with Crippen LogP contribution in [0, 0.1) is 0 Å². The topological polar surface area (TPSA) is 24.1 Å². The molecule has 0 saturated heterocycles. The highest BCUT2D eigenvalue weighted by molar-refractivity contribution is 4.52. The Kier molecular flexibility index (Phi) is 20.8. The highest BCUT2D eigenvalue weighted by Gasteiger charge is 1.93. The van der Waals surface area contributed by atoms with Crippen molar-refractivity contribution in [3.8, 4) is 0 Å². The molecule has 0 spiro atoms. The third-order valence-corrected chi connectivity index (χ3v) is 4.37. The molecule has 0 heterocycles. The quantitative estimate of drug-likeness (QED) is 0.300. The predicted octanol–water partition coefficient (Wildman–Crippen LogP) is 5.67. The van der Waals surface area contributed by atoms with Crippen LogP contribution in [0.3, 0.4) is 0 Å². The van der Waals surface area contributed by atoms with Gasteiger partial charge in [-0.25, -0.2) is 0 Å². The maximum absolute atomic E-state index is 3.56. The van der Waals surface area contributed by atoms with Crippen LogP contribution in [0.1, 0.15) is 104 Å². The van der Waals surface area contributed by atoms with Crippen LogP contribution in [-0.2, 0) is 0 Å². The van der Waals surface area contributed by atoms with E-state index < -0.39 is 0 Å². The monoisotopic (exact) mass is 312 g/mol. The van der Waals surface area contributed by atoms with Gasteiger partial charge >= 0.3 is 0 Å². The molecule has 0 radical (unpaired) electrons. The van der Waals surface area contributed by atoms with Gasteiger partial charge in [-0.3, -0.25) is 0 Å². The molecule has 0 unspecified atom stereocenters. The van der Waals surface area contributed by atoms with E-state index in [1.165, 1.54) is 116 Å². The number of hydrogen-bond acceptors (Lipinski definition) is 2. The van der Waals surface area contributed by atoms with E-state index in [2.05, 4.69) is 24.5 Å². The lowest BCUT2D eigenvalue weighted by Crippen LogP contribution is -2.16. The van der Waals surface area contributed by atoms with Crippen molar-refractivity contribution in [2.45, 2.75) is 104 Å². The van der Waals surface area contributed by atoms with Gasteiger partial charge in [0, 0.05) is 0 Å². The van der Waals surface area contributed by atoms with Crippen LogP contribution >= 0.6 is 0 Å². The van der Waals surface area contributed by atoms with Crippen molar-refractivity contribution < 1.29 is 0 Å². The molecule has 0 aromatic heterocycles. The molecule has 0 aromatic rings. The predicted molar refractivity (Wildman–Crippen MR) is 102 cm³/mol. The Bertz CT molecular complexity index is 163. The molecule has 22 heavy (non-hydrogen) atoms. The molecular formula is C20H44N2. The first kappa shape index (κ1) is 21.9. The number of unbranched alkanes of at least 4 members (excludes halogenated alkanes) is 11. The second kappa shape index (κ2) is 20.9.